The molecule has 2 fully saturated rings. The Balaban J connectivity index is 2.25. The minimum absolute atomic E-state index is 0.101. The average molecular weight is 168 g/mol. The Morgan fingerprint density at radius 1 is 1.08 bits per heavy atom. The lowest BCUT2D eigenvalue weighted by Crippen LogP contribution is -2.37. The van der Waals surface area contributed by atoms with Crippen LogP contribution in [0.1, 0.15) is 25.7 Å². The topological polar surface area (TPSA) is 63.4 Å². The summed E-state index contributed by atoms with van der Waals surface area (Å²) in [4.78, 5) is 22.7. The molecule has 66 valence electrons. The summed E-state index contributed by atoms with van der Waals surface area (Å²) in [6, 6.07) is 0. The van der Waals surface area contributed by atoms with E-state index in [-0.39, 0.29) is 23.7 Å². The third kappa shape index (κ3) is 0.876. The summed E-state index contributed by atoms with van der Waals surface area (Å²) < 4.78 is 0. The van der Waals surface area contributed by atoms with Gasteiger partial charge in [0, 0.05) is 0 Å². The van der Waals surface area contributed by atoms with Crippen molar-refractivity contribution in [2.45, 2.75) is 25.7 Å². The van der Waals surface area contributed by atoms with Gasteiger partial charge in [0.05, 0.1) is 11.8 Å². The Bertz CT molecular complexity index is 215. The van der Waals surface area contributed by atoms with Gasteiger partial charge in [-0.05, 0) is 12.8 Å². The Hall–Kier alpha value is -0.900. The molecule has 4 nitrogen and oxygen atoms in total. The fraction of sp³-hybridized carbons (Fsp3) is 0.750. The normalized spacial score (nSPS) is 35.6. The maximum absolute atomic E-state index is 11.3. The molecule has 0 aromatic carbocycles. The van der Waals surface area contributed by atoms with Gasteiger partial charge in [0.2, 0.25) is 11.8 Å². The number of nitrogens with zero attached hydrogens (tertiary/aromatic N) is 1. The highest BCUT2D eigenvalue weighted by Crippen LogP contribution is 2.36. The minimum atomic E-state index is -0.176. The third-order valence-corrected chi connectivity index (χ3v) is 2.88. The van der Waals surface area contributed by atoms with Gasteiger partial charge in [-0.2, -0.15) is 0 Å². The molecule has 4 heteroatoms. The first-order valence-corrected chi connectivity index (χ1v) is 4.34. The minimum Gasteiger partial charge on any atom is -0.273 e. The van der Waals surface area contributed by atoms with Crippen LogP contribution in [0.4, 0.5) is 0 Å². The first-order chi connectivity index (χ1) is 5.72. The van der Waals surface area contributed by atoms with E-state index in [2.05, 4.69) is 0 Å². The maximum Gasteiger partial charge on any atom is 0.247 e. The standard InChI is InChI=1S/C8H12N2O2/c9-10-7(11)5-3-1-2-4-6(5)8(10)12/h5-6H,1-4,9H2/t5-,6+. The second kappa shape index (κ2) is 2.55. The molecular formula is C8H12N2O2. The third-order valence-electron chi connectivity index (χ3n) is 2.88. The van der Waals surface area contributed by atoms with Crippen molar-refractivity contribution in [2.24, 2.45) is 17.7 Å². The number of fused-ring (bicyclic) bond motifs is 1. The van der Waals surface area contributed by atoms with Crippen LogP contribution in [0.5, 0.6) is 0 Å². The molecule has 2 aliphatic rings. The number of hydrazine groups is 1. The van der Waals surface area contributed by atoms with Crippen LogP contribution in [0.3, 0.4) is 0 Å². The molecule has 2 rings (SSSR count). The summed E-state index contributed by atoms with van der Waals surface area (Å²) in [5.41, 5.74) is 0. The van der Waals surface area contributed by atoms with Crippen LogP contribution in [0.25, 0.3) is 0 Å². The number of amides is 2. The zero-order chi connectivity index (χ0) is 8.72. The van der Waals surface area contributed by atoms with Crippen LogP contribution in [0, 0.1) is 11.8 Å². The molecule has 1 aliphatic heterocycles. The molecule has 1 saturated heterocycles. The summed E-state index contributed by atoms with van der Waals surface area (Å²) in [6.45, 7) is 0. The molecule has 0 bridgehead atoms. The van der Waals surface area contributed by atoms with E-state index >= 15 is 0 Å². The Kier molecular flexibility index (Phi) is 1.65. The molecule has 0 aromatic rings. The molecule has 0 aromatic heterocycles. The number of rotatable bonds is 0. The van der Waals surface area contributed by atoms with Crippen molar-refractivity contribution in [1.29, 1.82) is 0 Å². The number of carbonyl (C=O) groups excluding carboxylic acids is 2. The smallest absolute Gasteiger partial charge is 0.247 e. The highest BCUT2D eigenvalue weighted by atomic mass is 16.2. The predicted molar refractivity (Wildman–Crippen MR) is 41.5 cm³/mol. The number of nitrogens with two attached hydrogens (primary N) is 1. The van der Waals surface area contributed by atoms with Crippen LogP contribution < -0.4 is 5.84 Å². The Morgan fingerprint density at radius 2 is 1.50 bits per heavy atom. The van der Waals surface area contributed by atoms with Gasteiger partial charge in [-0.15, -0.1) is 0 Å². The summed E-state index contributed by atoms with van der Waals surface area (Å²) in [5, 5.41) is 0.806. The first kappa shape index (κ1) is 7.73. The molecule has 12 heavy (non-hydrogen) atoms. The molecule has 2 amide bonds. The number of hydrogen-bond acceptors (Lipinski definition) is 3. The Labute approximate surface area is 70.7 Å². The van der Waals surface area contributed by atoms with Crippen molar-refractivity contribution in [2.75, 3.05) is 0 Å². The lowest BCUT2D eigenvalue weighted by atomic mass is 9.81. The zero-order valence-corrected chi connectivity index (χ0v) is 6.82. The van der Waals surface area contributed by atoms with Crippen molar-refractivity contribution in [3.05, 3.63) is 0 Å². The van der Waals surface area contributed by atoms with Gasteiger partial charge in [-0.25, -0.2) is 10.9 Å². The first-order valence-electron chi connectivity index (χ1n) is 4.34. The van der Waals surface area contributed by atoms with E-state index in [1.165, 1.54) is 0 Å². The number of imide groups is 1. The number of hydrogen-bond donors (Lipinski definition) is 1. The van der Waals surface area contributed by atoms with Gasteiger partial charge < -0.3 is 0 Å². The van der Waals surface area contributed by atoms with E-state index in [4.69, 9.17) is 5.84 Å². The lowest BCUT2D eigenvalue weighted by molar-refractivity contribution is -0.140. The summed E-state index contributed by atoms with van der Waals surface area (Å²) in [7, 11) is 0. The van der Waals surface area contributed by atoms with E-state index in [1.54, 1.807) is 0 Å². The van der Waals surface area contributed by atoms with E-state index < -0.39 is 0 Å². The van der Waals surface area contributed by atoms with Crippen LogP contribution in [0.15, 0.2) is 0 Å². The average Bonchev–Trinajstić information content (AvgIpc) is 2.33. The van der Waals surface area contributed by atoms with Gasteiger partial charge in [-0.1, -0.05) is 12.8 Å². The van der Waals surface area contributed by atoms with Gasteiger partial charge >= 0.3 is 0 Å². The van der Waals surface area contributed by atoms with Crippen LogP contribution in [-0.4, -0.2) is 16.8 Å². The highest BCUT2D eigenvalue weighted by molar-refractivity contribution is 6.04. The van der Waals surface area contributed by atoms with Crippen LogP contribution in [0.2, 0.25) is 0 Å². The fourth-order valence-electron chi connectivity index (χ4n) is 2.19. The van der Waals surface area contributed by atoms with E-state index in [0.29, 0.717) is 0 Å². The predicted octanol–water partition coefficient (Wildman–Crippen LogP) is 0.0353. The zero-order valence-electron chi connectivity index (χ0n) is 6.82. The van der Waals surface area contributed by atoms with Crippen LogP contribution in [-0.2, 0) is 9.59 Å². The fourth-order valence-corrected chi connectivity index (χ4v) is 2.19. The van der Waals surface area contributed by atoms with Gasteiger partial charge in [0.1, 0.15) is 0 Å². The maximum atomic E-state index is 11.3. The van der Waals surface area contributed by atoms with E-state index in [0.717, 1.165) is 30.7 Å². The van der Waals surface area contributed by atoms with Gasteiger partial charge in [0.15, 0.2) is 0 Å². The van der Waals surface area contributed by atoms with Crippen LogP contribution >= 0.6 is 0 Å². The molecule has 1 saturated carbocycles. The molecule has 2 atom stereocenters. The molecule has 1 aliphatic carbocycles. The molecule has 0 spiro atoms. The summed E-state index contributed by atoms with van der Waals surface area (Å²) in [6.07, 6.45) is 3.77. The lowest BCUT2D eigenvalue weighted by Gasteiger charge is -2.19. The second-order valence-electron chi connectivity index (χ2n) is 3.54. The molecule has 0 radical (unpaired) electrons. The number of carbonyl (C=O) groups is 2. The van der Waals surface area contributed by atoms with Crippen molar-refractivity contribution in [3.8, 4) is 0 Å². The van der Waals surface area contributed by atoms with Crippen molar-refractivity contribution < 1.29 is 9.59 Å². The van der Waals surface area contributed by atoms with Gasteiger partial charge in [-0.3, -0.25) is 9.59 Å². The highest BCUT2D eigenvalue weighted by Gasteiger charge is 2.46. The molecule has 2 N–H and O–H groups in total. The van der Waals surface area contributed by atoms with Gasteiger partial charge in [0.25, 0.3) is 0 Å². The second-order valence-corrected chi connectivity index (χ2v) is 3.54. The molecular weight excluding hydrogens is 156 g/mol. The van der Waals surface area contributed by atoms with E-state index in [9.17, 15) is 9.59 Å². The monoisotopic (exact) mass is 168 g/mol. The Morgan fingerprint density at radius 3 is 1.92 bits per heavy atom. The SMILES string of the molecule is NN1C(=O)[C@H]2CCCC[C@H]2C1=O. The quantitative estimate of drug-likeness (QED) is 0.315. The van der Waals surface area contributed by atoms with Crippen molar-refractivity contribution in [1.82, 2.24) is 5.01 Å². The van der Waals surface area contributed by atoms with E-state index in [1.807, 2.05) is 0 Å². The van der Waals surface area contributed by atoms with Crippen molar-refractivity contribution >= 4 is 11.8 Å². The molecule has 0 unspecified atom stereocenters. The molecule has 1 heterocycles. The summed E-state index contributed by atoms with van der Waals surface area (Å²) in [5.74, 6) is 4.76. The van der Waals surface area contributed by atoms with Crippen molar-refractivity contribution in [3.63, 3.8) is 0 Å². The largest absolute Gasteiger partial charge is 0.273 e. The summed E-state index contributed by atoms with van der Waals surface area (Å²) >= 11 is 0.